The second-order valence-corrected chi connectivity index (χ2v) is 1.97. The summed E-state index contributed by atoms with van der Waals surface area (Å²) in [7, 11) is 0. The smallest absolute Gasteiger partial charge is 0.0547 e. The Balaban J connectivity index is 2.75. The first-order valence-electron chi connectivity index (χ1n) is 2.10. The third kappa shape index (κ3) is 2.54. The maximum Gasteiger partial charge on any atom is 0.0547 e. The predicted octanol–water partition coefficient (Wildman–Crippen LogP) is 0.687. The van der Waals surface area contributed by atoms with Crippen LogP contribution in [0.25, 0.3) is 0 Å². The number of hydrogen-bond donors (Lipinski definition) is 2. The zero-order chi connectivity index (χ0) is 4.99. The van der Waals surface area contributed by atoms with Crippen molar-refractivity contribution in [2.24, 2.45) is 0 Å². The molecule has 0 heterocycles. The number of rotatable bonds is 2. The molecule has 0 bridgehead atoms. The molecule has 1 atom stereocenters. The first-order valence-corrected chi connectivity index (χ1v) is 2.61. The number of thiol groups is 1. The van der Waals surface area contributed by atoms with Crippen LogP contribution in [0.5, 0.6) is 0 Å². The van der Waals surface area contributed by atoms with Gasteiger partial charge in [0.15, 0.2) is 0 Å². The molecule has 0 fully saturated rings. The van der Waals surface area contributed by atoms with Crippen molar-refractivity contribution in [2.45, 2.75) is 18.6 Å². The van der Waals surface area contributed by atoms with Crippen LogP contribution < -0.4 is 0 Å². The molecule has 0 aliphatic carbocycles. The predicted molar refractivity (Wildman–Crippen MR) is 30.2 cm³/mol. The summed E-state index contributed by atoms with van der Waals surface area (Å²) in [6.07, 6.45) is 0.944. The third-order valence-corrected chi connectivity index (χ3v) is 1.21. The van der Waals surface area contributed by atoms with Gasteiger partial charge in [0, 0.05) is 5.25 Å². The molecule has 0 saturated carbocycles. The van der Waals surface area contributed by atoms with Crippen LogP contribution >= 0.6 is 12.6 Å². The maximum atomic E-state index is 8.26. The van der Waals surface area contributed by atoms with Gasteiger partial charge in [0.25, 0.3) is 0 Å². The average molecular weight is 106 g/mol. The Morgan fingerprint density at radius 1 is 1.83 bits per heavy atom. The van der Waals surface area contributed by atoms with Crippen molar-refractivity contribution in [2.75, 3.05) is 6.61 Å². The molecule has 0 aliphatic heterocycles. The number of aliphatic hydroxyl groups excluding tert-OH is 1. The molecular formula is C4H10OS. The summed E-state index contributed by atoms with van der Waals surface area (Å²) in [6, 6.07) is 0. The molecule has 1 N–H and O–H groups in total. The quantitative estimate of drug-likeness (QED) is 0.496. The van der Waals surface area contributed by atoms with E-state index in [0.717, 1.165) is 6.42 Å². The number of hydrogen-bond acceptors (Lipinski definition) is 2. The second-order valence-electron chi connectivity index (χ2n) is 1.24. The summed E-state index contributed by atoms with van der Waals surface area (Å²) in [5, 5.41) is 8.44. The molecule has 38 valence electrons. The van der Waals surface area contributed by atoms with Crippen LogP contribution in [0.3, 0.4) is 0 Å². The van der Waals surface area contributed by atoms with Gasteiger partial charge in [-0.05, 0) is 6.42 Å². The van der Waals surface area contributed by atoms with E-state index in [9.17, 15) is 0 Å². The van der Waals surface area contributed by atoms with E-state index >= 15 is 0 Å². The molecule has 0 radical (unpaired) electrons. The van der Waals surface area contributed by atoms with E-state index in [1.54, 1.807) is 0 Å². The molecule has 0 aromatic rings. The highest BCUT2D eigenvalue weighted by atomic mass is 32.1. The van der Waals surface area contributed by atoms with Gasteiger partial charge in [0.1, 0.15) is 0 Å². The first-order chi connectivity index (χ1) is 2.81. The molecule has 2 heteroatoms. The summed E-state index contributed by atoms with van der Waals surface area (Å²) >= 11 is 3.98. The Bertz CT molecular complexity index is 26.7. The minimum atomic E-state index is 0.185. The minimum absolute atomic E-state index is 0.185. The Morgan fingerprint density at radius 2 is 2.33 bits per heavy atom. The lowest BCUT2D eigenvalue weighted by Crippen LogP contribution is -2.00. The molecule has 0 saturated heterocycles. The average Bonchev–Trinajstić information content (AvgIpc) is 1.65. The van der Waals surface area contributed by atoms with Crippen molar-refractivity contribution in [3.8, 4) is 0 Å². The van der Waals surface area contributed by atoms with E-state index in [2.05, 4.69) is 12.6 Å². The fourth-order valence-electron chi connectivity index (χ4n) is 0.129. The molecule has 0 aromatic carbocycles. The van der Waals surface area contributed by atoms with Gasteiger partial charge in [-0.15, -0.1) is 0 Å². The highest BCUT2D eigenvalue weighted by Gasteiger charge is 1.91. The van der Waals surface area contributed by atoms with Crippen molar-refractivity contribution >= 4 is 12.6 Å². The highest BCUT2D eigenvalue weighted by molar-refractivity contribution is 7.81. The monoisotopic (exact) mass is 106 g/mol. The van der Waals surface area contributed by atoms with Gasteiger partial charge in [-0.3, -0.25) is 0 Å². The van der Waals surface area contributed by atoms with Crippen LogP contribution in [0.4, 0.5) is 0 Å². The second kappa shape index (κ2) is 3.50. The van der Waals surface area contributed by atoms with E-state index in [1.165, 1.54) is 0 Å². The molecule has 0 aromatic heterocycles. The summed E-state index contributed by atoms with van der Waals surface area (Å²) in [5.41, 5.74) is 0. The van der Waals surface area contributed by atoms with Crippen molar-refractivity contribution in [1.29, 1.82) is 0 Å². The van der Waals surface area contributed by atoms with Crippen LogP contribution in [0, 0.1) is 0 Å². The maximum absolute atomic E-state index is 8.26. The molecule has 0 aliphatic rings. The third-order valence-electron chi connectivity index (χ3n) is 0.682. The SMILES string of the molecule is CC[C@@H](S)CO. The van der Waals surface area contributed by atoms with Gasteiger partial charge < -0.3 is 5.11 Å². The summed E-state index contributed by atoms with van der Waals surface area (Å²) < 4.78 is 0. The molecule has 1 nitrogen and oxygen atoms in total. The Hall–Kier alpha value is 0.310. The van der Waals surface area contributed by atoms with E-state index in [-0.39, 0.29) is 11.9 Å². The van der Waals surface area contributed by atoms with Crippen molar-refractivity contribution in [3.05, 3.63) is 0 Å². The van der Waals surface area contributed by atoms with Crippen LogP contribution in [0.2, 0.25) is 0 Å². The van der Waals surface area contributed by atoms with Gasteiger partial charge in [-0.25, -0.2) is 0 Å². The molecule has 0 spiro atoms. The van der Waals surface area contributed by atoms with Crippen LogP contribution in [-0.2, 0) is 0 Å². The zero-order valence-electron chi connectivity index (χ0n) is 3.89. The largest absolute Gasteiger partial charge is 0.395 e. The topological polar surface area (TPSA) is 20.2 Å². The molecule has 0 amide bonds. The lowest BCUT2D eigenvalue weighted by Gasteiger charge is -1.97. The normalized spacial score (nSPS) is 14.5. The molecule has 6 heavy (non-hydrogen) atoms. The van der Waals surface area contributed by atoms with Gasteiger partial charge in [-0.1, -0.05) is 6.92 Å². The summed E-state index contributed by atoms with van der Waals surface area (Å²) in [4.78, 5) is 0. The van der Waals surface area contributed by atoms with Crippen molar-refractivity contribution in [1.82, 2.24) is 0 Å². The summed E-state index contributed by atoms with van der Waals surface area (Å²) in [5.74, 6) is 0. The number of aliphatic hydroxyl groups is 1. The molecule has 0 unspecified atom stereocenters. The minimum Gasteiger partial charge on any atom is -0.395 e. The zero-order valence-corrected chi connectivity index (χ0v) is 4.78. The lowest BCUT2D eigenvalue weighted by molar-refractivity contribution is 0.293. The standard InChI is InChI=1S/C4H10OS/c1-2-4(6)3-5/h4-6H,2-3H2,1H3/t4-/m1/s1. The van der Waals surface area contributed by atoms with E-state index in [4.69, 9.17) is 5.11 Å². The van der Waals surface area contributed by atoms with E-state index in [0.29, 0.717) is 0 Å². The van der Waals surface area contributed by atoms with Crippen molar-refractivity contribution < 1.29 is 5.11 Å². The fraction of sp³-hybridized carbons (Fsp3) is 1.00. The van der Waals surface area contributed by atoms with Gasteiger partial charge in [0.05, 0.1) is 6.61 Å². The first kappa shape index (κ1) is 6.31. The van der Waals surface area contributed by atoms with E-state index < -0.39 is 0 Å². The van der Waals surface area contributed by atoms with E-state index in [1.807, 2.05) is 6.92 Å². The summed E-state index contributed by atoms with van der Waals surface area (Å²) in [6.45, 7) is 2.19. The fourth-order valence-corrected chi connectivity index (χ4v) is 0.129. The Kier molecular flexibility index (Phi) is 3.68. The Labute approximate surface area is 43.8 Å². The van der Waals surface area contributed by atoms with Gasteiger partial charge >= 0.3 is 0 Å². The van der Waals surface area contributed by atoms with Gasteiger partial charge in [-0.2, -0.15) is 12.6 Å². The molecular weight excluding hydrogens is 96.1 g/mol. The highest BCUT2D eigenvalue weighted by Crippen LogP contribution is 1.95. The van der Waals surface area contributed by atoms with Crippen LogP contribution in [0.1, 0.15) is 13.3 Å². The van der Waals surface area contributed by atoms with Crippen LogP contribution in [0.15, 0.2) is 0 Å². The van der Waals surface area contributed by atoms with Crippen LogP contribution in [-0.4, -0.2) is 17.0 Å². The van der Waals surface area contributed by atoms with Crippen molar-refractivity contribution in [3.63, 3.8) is 0 Å². The molecule has 0 rings (SSSR count). The lowest BCUT2D eigenvalue weighted by atomic mass is 10.3. The Morgan fingerprint density at radius 3 is 2.33 bits per heavy atom. The van der Waals surface area contributed by atoms with Gasteiger partial charge in [0.2, 0.25) is 0 Å².